The van der Waals surface area contributed by atoms with E-state index in [9.17, 15) is 0 Å². The molecule has 0 saturated carbocycles. The van der Waals surface area contributed by atoms with Crippen LogP contribution < -0.4 is 5.73 Å². The Morgan fingerprint density at radius 3 is 2.84 bits per heavy atom. The van der Waals surface area contributed by atoms with Crippen molar-refractivity contribution in [1.29, 1.82) is 0 Å². The van der Waals surface area contributed by atoms with E-state index in [4.69, 9.17) is 5.73 Å². The molecular formula is C13H21N5S. The molecule has 19 heavy (non-hydrogen) atoms. The van der Waals surface area contributed by atoms with Crippen LogP contribution in [0.15, 0.2) is 11.6 Å². The molecule has 2 N–H and O–H groups in total. The van der Waals surface area contributed by atoms with Gasteiger partial charge in [-0.15, -0.1) is 16.4 Å². The third kappa shape index (κ3) is 3.61. The predicted molar refractivity (Wildman–Crippen MR) is 77.2 cm³/mol. The fourth-order valence-electron chi connectivity index (χ4n) is 1.85. The third-order valence-electron chi connectivity index (χ3n) is 2.92. The highest BCUT2D eigenvalue weighted by Crippen LogP contribution is 2.20. The van der Waals surface area contributed by atoms with Crippen LogP contribution in [0.5, 0.6) is 0 Å². The van der Waals surface area contributed by atoms with Crippen molar-refractivity contribution in [3.63, 3.8) is 0 Å². The monoisotopic (exact) mass is 279 g/mol. The first-order valence-electron chi connectivity index (χ1n) is 6.70. The van der Waals surface area contributed by atoms with E-state index in [0.717, 1.165) is 29.2 Å². The minimum absolute atomic E-state index is 0.0135. The number of thiazole rings is 1. The highest BCUT2D eigenvalue weighted by atomic mass is 32.1. The lowest BCUT2D eigenvalue weighted by Crippen LogP contribution is -2.10. The largest absolute Gasteiger partial charge is 0.323 e. The lowest BCUT2D eigenvalue weighted by atomic mass is 10.1. The second kappa shape index (κ2) is 6.25. The quantitative estimate of drug-likeness (QED) is 0.882. The molecular weight excluding hydrogens is 258 g/mol. The summed E-state index contributed by atoms with van der Waals surface area (Å²) in [6.45, 7) is 7.09. The van der Waals surface area contributed by atoms with Gasteiger partial charge >= 0.3 is 0 Å². The predicted octanol–water partition coefficient (Wildman–Crippen LogP) is 2.71. The SMILES string of the molecule is CCCC(N)c1cn(Cc2csc(C(C)C)n2)nn1. The van der Waals surface area contributed by atoms with Crippen LogP contribution in [0.2, 0.25) is 0 Å². The van der Waals surface area contributed by atoms with Gasteiger partial charge in [0, 0.05) is 11.3 Å². The van der Waals surface area contributed by atoms with Crippen LogP contribution in [0.25, 0.3) is 0 Å². The van der Waals surface area contributed by atoms with Crippen molar-refractivity contribution in [1.82, 2.24) is 20.0 Å². The molecule has 2 heterocycles. The summed E-state index contributed by atoms with van der Waals surface area (Å²) in [4.78, 5) is 4.59. The fourth-order valence-corrected chi connectivity index (χ4v) is 2.67. The van der Waals surface area contributed by atoms with Gasteiger partial charge in [0.1, 0.15) is 0 Å². The highest BCUT2D eigenvalue weighted by Gasteiger charge is 2.11. The fraction of sp³-hybridized carbons (Fsp3) is 0.615. The Balaban J connectivity index is 2.02. The van der Waals surface area contributed by atoms with Gasteiger partial charge in [0.05, 0.1) is 35.2 Å². The summed E-state index contributed by atoms with van der Waals surface area (Å²) >= 11 is 1.70. The number of hydrogen-bond acceptors (Lipinski definition) is 5. The Hall–Kier alpha value is -1.27. The normalized spacial score (nSPS) is 13.1. The molecule has 2 rings (SSSR count). The lowest BCUT2D eigenvalue weighted by molar-refractivity contribution is 0.616. The van der Waals surface area contributed by atoms with E-state index >= 15 is 0 Å². The van der Waals surface area contributed by atoms with E-state index in [1.165, 1.54) is 0 Å². The van der Waals surface area contributed by atoms with E-state index in [1.807, 2.05) is 10.9 Å². The Bertz CT molecular complexity index is 517. The molecule has 1 atom stereocenters. The van der Waals surface area contributed by atoms with Gasteiger partial charge in [0.2, 0.25) is 0 Å². The molecule has 2 aromatic rings. The average molecular weight is 279 g/mol. The molecule has 0 bridgehead atoms. The Morgan fingerprint density at radius 1 is 1.42 bits per heavy atom. The summed E-state index contributed by atoms with van der Waals surface area (Å²) in [6, 6.07) is -0.0135. The van der Waals surface area contributed by atoms with Crippen LogP contribution in [0.1, 0.15) is 62.0 Å². The van der Waals surface area contributed by atoms with Gasteiger partial charge < -0.3 is 5.73 Å². The summed E-state index contributed by atoms with van der Waals surface area (Å²) < 4.78 is 1.81. The zero-order valence-electron chi connectivity index (χ0n) is 11.7. The van der Waals surface area contributed by atoms with Crippen LogP contribution in [0.4, 0.5) is 0 Å². The van der Waals surface area contributed by atoms with Gasteiger partial charge in [-0.3, -0.25) is 0 Å². The molecule has 6 heteroatoms. The molecule has 0 amide bonds. The maximum atomic E-state index is 6.03. The first-order valence-corrected chi connectivity index (χ1v) is 7.58. The van der Waals surface area contributed by atoms with Crippen molar-refractivity contribution in [3.05, 3.63) is 28.0 Å². The average Bonchev–Trinajstić information content (AvgIpc) is 2.99. The molecule has 1 unspecified atom stereocenters. The molecule has 0 aliphatic heterocycles. The van der Waals surface area contributed by atoms with E-state index in [1.54, 1.807) is 11.3 Å². The van der Waals surface area contributed by atoms with Gasteiger partial charge in [-0.25, -0.2) is 9.67 Å². The number of aromatic nitrogens is 4. The second-order valence-corrected chi connectivity index (χ2v) is 5.96. The zero-order valence-corrected chi connectivity index (χ0v) is 12.5. The number of rotatable bonds is 6. The minimum atomic E-state index is -0.0135. The van der Waals surface area contributed by atoms with Crippen molar-refractivity contribution >= 4 is 11.3 Å². The Morgan fingerprint density at radius 2 is 2.21 bits per heavy atom. The van der Waals surface area contributed by atoms with Gasteiger partial charge in [0.15, 0.2) is 0 Å². The molecule has 0 aliphatic rings. The van der Waals surface area contributed by atoms with Crippen molar-refractivity contribution in [2.45, 2.75) is 52.1 Å². The standard InChI is InChI=1S/C13H21N5S/c1-4-5-11(14)12-7-18(17-16-12)6-10-8-19-13(15-10)9(2)3/h7-9,11H,4-6,14H2,1-3H3. The second-order valence-electron chi connectivity index (χ2n) is 5.07. The Kier molecular flexibility index (Phi) is 4.66. The van der Waals surface area contributed by atoms with E-state index in [2.05, 4.69) is 41.4 Å². The maximum Gasteiger partial charge on any atom is 0.0994 e. The molecule has 0 spiro atoms. The molecule has 0 aliphatic carbocycles. The first-order chi connectivity index (χ1) is 9.10. The first kappa shape index (κ1) is 14.1. The van der Waals surface area contributed by atoms with Crippen molar-refractivity contribution in [2.75, 3.05) is 0 Å². The van der Waals surface area contributed by atoms with Gasteiger partial charge in [-0.1, -0.05) is 32.4 Å². The number of nitrogens with zero attached hydrogens (tertiary/aromatic N) is 4. The van der Waals surface area contributed by atoms with Crippen LogP contribution in [-0.2, 0) is 6.54 Å². The molecule has 0 fully saturated rings. The summed E-state index contributed by atoms with van der Waals surface area (Å²) in [7, 11) is 0. The van der Waals surface area contributed by atoms with Crippen molar-refractivity contribution < 1.29 is 0 Å². The van der Waals surface area contributed by atoms with Crippen molar-refractivity contribution in [2.24, 2.45) is 5.73 Å². The van der Waals surface area contributed by atoms with Crippen LogP contribution >= 0.6 is 11.3 Å². The van der Waals surface area contributed by atoms with E-state index in [0.29, 0.717) is 12.5 Å². The topological polar surface area (TPSA) is 69.6 Å². The van der Waals surface area contributed by atoms with Crippen molar-refractivity contribution in [3.8, 4) is 0 Å². The summed E-state index contributed by atoms with van der Waals surface area (Å²) in [5.41, 5.74) is 7.93. The van der Waals surface area contributed by atoms with Crippen LogP contribution in [0, 0.1) is 0 Å². The van der Waals surface area contributed by atoms with Crippen LogP contribution in [0.3, 0.4) is 0 Å². The summed E-state index contributed by atoms with van der Waals surface area (Å²) in [5, 5.41) is 11.5. The smallest absolute Gasteiger partial charge is 0.0994 e. The van der Waals surface area contributed by atoms with E-state index < -0.39 is 0 Å². The molecule has 0 saturated heterocycles. The molecule has 0 radical (unpaired) electrons. The molecule has 2 aromatic heterocycles. The highest BCUT2D eigenvalue weighted by molar-refractivity contribution is 7.09. The zero-order chi connectivity index (χ0) is 13.8. The van der Waals surface area contributed by atoms with Gasteiger partial charge in [-0.05, 0) is 6.42 Å². The Labute approximate surface area is 117 Å². The molecule has 104 valence electrons. The third-order valence-corrected chi connectivity index (χ3v) is 4.12. The molecule has 5 nitrogen and oxygen atoms in total. The van der Waals surface area contributed by atoms with Gasteiger partial charge in [0.25, 0.3) is 0 Å². The number of hydrogen-bond donors (Lipinski definition) is 1. The number of nitrogens with two attached hydrogens (primary N) is 1. The summed E-state index contributed by atoms with van der Waals surface area (Å²) in [5.74, 6) is 0.475. The van der Waals surface area contributed by atoms with Gasteiger partial charge in [-0.2, -0.15) is 0 Å². The maximum absolute atomic E-state index is 6.03. The minimum Gasteiger partial charge on any atom is -0.323 e. The lowest BCUT2D eigenvalue weighted by Gasteiger charge is -2.04. The molecule has 0 aromatic carbocycles. The van der Waals surface area contributed by atoms with E-state index in [-0.39, 0.29) is 6.04 Å². The van der Waals surface area contributed by atoms with Crippen LogP contribution in [-0.4, -0.2) is 20.0 Å². The summed E-state index contributed by atoms with van der Waals surface area (Å²) in [6.07, 6.45) is 3.92.